The molecule has 3 heteroatoms. The minimum absolute atomic E-state index is 0.485. The number of nitrogens with zero attached hydrogens (tertiary/aromatic N) is 2. The first kappa shape index (κ1) is 15.1. The molecular formula is C21H21N2O. The van der Waals surface area contributed by atoms with Gasteiger partial charge in [0.2, 0.25) is 0 Å². The minimum atomic E-state index is 0.485. The highest BCUT2D eigenvalue weighted by molar-refractivity contribution is 5.75. The molecule has 1 unspecified atom stereocenters. The first-order valence-electron chi connectivity index (χ1n) is 8.56. The van der Waals surface area contributed by atoms with Gasteiger partial charge in [0, 0.05) is 18.3 Å². The van der Waals surface area contributed by atoms with E-state index in [0.29, 0.717) is 5.92 Å². The molecular weight excluding hydrogens is 296 g/mol. The number of aromatic nitrogens is 2. The third kappa shape index (κ3) is 2.86. The van der Waals surface area contributed by atoms with Crippen molar-refractivity contribution in [1.29, 1.82) is 0 Å². The number of fused-ring (bicyclic) bond motifs is 1. The number of ether oxygens (including phenoxy) is 1. The summed E-state index contributed by atoms with van der Waals surface area (Å²) in [4.78, 5) is 8.84. The second-order valence-electron chi connectivity index (χ2n) is 6.36. The van der Waals surface area contributed by atoms with E-state index in [1.165, 1.54) is 36.3 Å². The van der Waals surface area contributed by atoms with Crippen molar-refractivity contribution in [3.05, 3.63) is 71.9 Å². The van der Waals surface area contributed by atoms with E-state index >= 15 is 0 Å². The highest BCUT2D eigenvalue weighted by atomic mass is 16.5. The van der Waals surface area contributed by atoms with Crippen LogP contribution in [0.25, 0.3) is 11.0 Å². The van der Waals surface area contributed by atoms with Crippen molar-refractivity contribution in [1.82, 2.24) is 9.97 Å². The molecule has 0 aliphatic heterocycles. The van der Waals surface area contributed by atoms with E-state index in [0.717, 1.165) is 23.2 Å². The summed E-state index contributed by atoms with van der Waals surface area (Å²) in [6, 6.07) is 15.0. The Bertz CT molecular complexity index is 829. The molecule has 3 nitrogen and oxygen atoms in total. The predicted octanol–water partition coefficient (Wildman–Crippen LogP) is 4.92. The third-order valence-electron chi connectivity index (χ3n) is 4.97. The van der Waals surface area contributed by atoms with Gasteiger partial charge < -0.3 is 4.74 Å². The Morgan fingerprint density at radius 2 is 1.71 bits per heavy atom. The second kappa shape index (κ2) is 6.60. The van der Waals surface area contributed by atoms with Crippen LogP contribution >= 0.6 is 0 Å². The average Bonchev–Trinajstić information content (AvgIpc) is 2.68. The molecule has 0 N–H and O–H groups in total. The summed E-state index contributed by atoms with van der Waals surface area (Å²) in [5.41, 5.74) is 4.62. The molecule has 1 aliphatic rings. The van der Waals surface area contributed by atoms with E-state index in [1.54, 1.807) is 19.5 Å². The lowest BCUT2D eigenvalue weighted by Crippen LogP contribution is -2.17. The highest BCUT2D eigenvalue weighted by Gasteiger charge is 2.28. The molecule has 0 saturated heterocycles. The molecule has 1 radical (unpaired) electrons. The largest absolute Gasteiger partial charge is 0.497 e. The van der Waals surface area contributed by atoms with Gasteiger partial charge in [0.1, 0.15) is 5.75 Å². The number of hydrogen-bond donors (Lipinski definition) is 0. The lowest BCUT2D eigenvalue weighted by Gasteiger charge is -2.32. The Morgan fingerprint density at radius 3 is 2.50 bits per heavy atom. The van der Waals surface area contributed by atoms with Gasteiger partial charge in [-0.2, -0.15) is 0 Å². The van der Waals surface area contributed by atoms with E-state index in [2.05, 4.69) is 52.4 Å². The zero-order valence-electron chi connectivity index (χ0n) is 13.9. The molecule has 1 saturated carbocycles. The van der Waals surface area contributed by atoms with Crippen LogP contribution in [0.15, 0.2) is 54.9 Å². The molecule has 121 valence electrons. The number of rotatable bonds is 3. The average molecular weight is 317 g/mol. The molecule has 1 aliphatic carbocycles. The lowest BCUT2D eigenvalue weighted by molar-refractivity contribution is 0.414. The maximum Gasteiger partial charge on any atom is 0.118 e. The second-order valence-corrected chi connectivity index (χ2v) is 6.36. The summed E-state index contributed by atoms with van der Waals surface area (Å²) in [5, 5.41) is 0. The van der Waals surface area contributed by atoms with Gasteiger partial charge in [0.15, 0.2) is 0 Å². The molecule has 1 aromatic heterocycles. The van der Waals surface area contributed by atoms with Crippen LogP contribution in [0, 0.1) is 5.92 Å². The molecule has 3 aromatic rings. The minimum Gasteiger partial charge on any atom is -0.497 e. The maximum atomic E-state index is 5.29. The normalized spacial score (nSPS) is 18.6. The summed E-state index contributed by atoms with van der Waals surface area (Å²) in [6.07, 6.45) is 8.42. The summed E-state index contributed by atoms with van der Waals surface area (Å²) >= 11 is 0. The van der Waals surface area contributed by atoms with Crippen LogP contribution in [0.2, 0.25) is 0 Å². The van der Waals surface area contributed by atoms with Gasteiger partial charge in [-0.25, -0.2) is 0 Å². The van der Waals surface area contributed by atoms with Crippen molar-refractivity contribution >= 4 is 11.0 Å². The van der Waals surface area contributed by atoms with Crippen LogP contribution in [0.4, 0.5) is 0 Å². The Balaban J connectivity index is 1.69. The monoisotopic (exact) mass is 317 g/mol. The summed E-state index contributed by atoms with van der Waals surface area (Å²) in [6.45, 7) is 0. The molecule has 2 aromatic carbocycles. The van der Waals surface area contributed by atoms with E-state index < -0.39 is 0 Å². The van der Waals surface area contributed by atoms with Crippen LogP contribution in [-0.4, -0.2) is 17.1 Å². The summed E-state index contributed by atoms with van der Waals surface area (Å²) in [5.74, 6) is 2.93. The molecule has 1 atom stereocenters. The van der Waals surface area contributed by atoms with E-state index in [-0.39, 0.29) is 0 Å². The summed E-state index contributed by atoms with van der Waals surface area (Å²) < 4.78 is 5.29. The zero-order valence-corrected chi connectivity index (χ0v) is 13.9. The Labute approximate surface area is 142 Å². The third-order valence-corrected chi connectivity index (χ3v) is 4.97. The van der Waals surface area contributed by atoms with Crippen molar-refractivity contribution in [3.63, 3.8) is 0 Å². The van der Waals surface area contributed by atoms with Gasteiger partial charge in [0.25, 0.3) is 0 Å². The van der Waals surface area contributed by atoms with Crippen molar-refractivity contribution in [2.45, 2.75) is 31.6 Å². The Hall–Kier alpha value is -2.42. The van der Waals surface area contributed by atoms with E-state index in [4.69, 9.17) is 4.74 Å². The first-order chi connectivity index (χ1) is 11.8. The molecule has 24 heavy (non-hydrogen) atoms. The molecule has 0 spiro atoms. The van der Waals surface area contributed by atoms with Crippen LogP contribution in [0.5, 0.6) is 5.75 Å². The Kier molecular flexibility index (Phi) is 4.16. The van der Waals surface area contributed by atoms with E-state index in [9.17, 15) is 0 Å². The number of hydrogen-bond acceptors (Lipinski definition) is 3. The predicted molar refractivity (Wildman–Crippen MR) is 96.1 cm³/mol. The highest BCUT2D eigenvalue weighted by Crippen LogP contribution is 2.43. The van der Waals surface area contributed by atoms with Gasteiger partial charge in [-0.05, 0) is 54.2 Å². The lowest BCUT2D eigenvalue weighted by atomic mass is 9.72. The van der Waals surface area contributed by atoms with Crippen molar-refractivity contribution in [2.24, 2.45) is 0 Å². The van der Waals surface area contributed by atoms with Crippen molar-refractivity contribution in [3.8, 4) is 5.75 Å². The number of benzene rings is 2. The zero-order chi connectivity index (χ0) is 16.4. The standard InChI is InChI=1S/C21H21N2O/c1-24-17-9-6-15(7-10-17)18-4-2-3-5-19(18)16-8-11-20-21(14-16)23-13-12-22-20/h6-14,18H,2-5H2,1H3. The molecule has 1 heterocycles. The fourth-order valence-electron chi connectivity index (χ4n) is 3.72. The molecule has 1 fully saturated rings. The number of methoxy groups -OCH3 is 1. The summed E-state index contributed by atoms with van der Waals surface area (Å²) in [7, 11) is 1.71. The van der Waals surface area contributed by atoms with Crippen LogP contribution in [0.3, 0.4) is 0 Å². The fourth-order valence-corrected chi connectivity index (χ4v) is 3.72. The Morgan fingerprint density at radius 1 is 0.917 bits per heavy atom. The van der Waals surface area contributed by atoms with Gasteiger partial charge >= 0.3 is 0 Å². The topological polar surface area (TPSA) is 35.0 Å². The van der Waals surface area contributed by atoms with Crippen molar-refractivity contribution < 1.29 is 4.74 Å². The van der Waals surface area contributed by atoms with E-state index in [1.807, 2.05) is 0 Å². The molecule has 4 rings (SSSR count). The van der Waals surface area contributed by atoms with Crippen LogP contribution < -0.4 is 4.74 Å². The maximum absolute atomic E-state index is 5.29. The molecule has 0 bridgehead atoms. The van der Waals surface area contributed by atoms with Gasteiger partial charge in [-0.3, -0.25) is 9.97 Å². The van der Waals surface area contributed by atoms with Gasteiger partial charge in [0.05, 0.1) is 18.1 Å². The van der Waals surface area contributed by atoms with Crippen LogP contribution in [-0.2, 0) is 0 Å². The fraction of sp³-hybridized carbons (Fsp3) is 0.286. The quantitative estimate of drug-likeness (QED) is 0.688. The van der Waals surface area contributed by atoms with Gasteiger partial charge in [-0.15, -0.1) is 0 Å². The SMILES string of the molecule is COc1ccc(C2CCCC[C]2c2ccc3nccnc3c2)cc1. The van der Waals surface area contributed by atoms with Crippen molar-refractivity contribution in [2.75, 3.05) is 7.11 Å². The smallest absolute Gasteiger partial charge is 0.118 e. The van der Waals surface area contributed by atoms with Gasteiger partial charge in [-0.1, -0.05) is 31.0 Å². The molecule has 0 amide bonds. The van der Waals surface area contributed by atoms with Crippen LogP contribution in [0.1, 0.15) is 42.7 Å². The first-order valence-corrected chi connectivity index (χ1v) is 8.56.